The zero-order valence-corrected chi connectivity index (χ0v) is 18.3. The molecule has 0 aliphatic rings. The van der Waals surface area contributed by atoms with Crippen molar-refractivity contribution < 1.29 is 4.79 Å². The molecule has 1 unspecified atom stereocenters. The number of thiophene rings is 2. The molecule has 3 heterocycles. The third-order valence-electron chi connectivity index (χ3n) is 4.31. The Morgan fingerprint density at radius 2 is 1.86 bits per heavy atom. The van der Waals surface area contributed by atoms with Crippen LogP contribution in [0.4, 0.5) is 0 Å². The molecule has 0 bridgehead atoms. The summed E-state index contributed by atoms with van der Waals surface area (Å²) >= 11 is 4.76. The molecule has 0 saturated heterocycles. The molecule has 1 atom stereocenters. The van der Waals surface area contributed by atoms with Gasteiger partial charge in [-0.2, -0.15) is 0 Å². The fourth-order valence-electron chi connectivity index (χ4n) is 2.94. The Balaban J connectivity index is 1.49. The number of rotatable bonds is 8. The van der Waals surface area contributed by atoms with Crippen LogP contribution < -0.4 is 5.32 Å². The zero-order valence-electron chi connectivity index (χ0n) is 15.8. The van der Waals surface area contributed by atoms with Crippen LogP contribution in [0.2, 0.25) is 0 Å². The summed E-state index contributed by atoms with van der Waals surface area (Å²) in [5, 5.41) is 16.6. The van der Waals surface area contributed by atoms with Crippen molar-refractivity contribution >= 4 is 40.3 Å². The maximum Gasteiger partial charge on any atom is 0.230 e. The summed E-state index contributed by atoms with van der Waals surface area (Å²) in [7, 11) is 0. The number of hydrogen-bond donors (Lipinski definition) is 1. The van der Waals surface area contributed by atoms with Crippen LogP contribution in [0.3, 0.4) is 0 Å². The van der Waals surface area contributed by atoms with Crippen molar-refractivity contribution in [2.75, 3.05) is 5.75 Å². The Hall–Kier alpha value is -2.42. The van der Waals surface area contributed by atoms with Gasteiger partial charge in [0.25, 0.3) is 0 Å². The van der Waals surface area contributed by atoms with Crippen molar-refractivity contribution in [2.24, 2.45) is 0 Å². The van der Waals surface area contributed by atoms with Crippen molar-refractivity contribution in [3.8, 4) is 5.69 Å². The quantitative estimate of drug-likeness (QED) is 0.394. The monoisotopic (exact) mass is 440 g/mol. The molecule has 1 aromatic carbocycles. The average Bonchev–Trinajstić information content (AvgIpc) is 3.50. The molecule has 0 saturated carbocycles. The van der Waals surface area contributed by atoms with E-state index in [0.29, 0.717) is 12.2 Å². The maximum absolute atomic E-state index is 12.4. The number of amides is 1. The summed E-state index contributed by atoms with van der Waals surface area (Å²) in [5.74, 6) is 1.14. The molecular formula is C21H20N4OS3. The zero-order chi connectivity index (χ0) is 20.1. The van der Waals surface area contributed by atoms with Gasteiger partial charge in [-0.15, -0.1) is 32.9 Å². The summed E-state index contributed by atoms with van der Waals surface area (Å²) in [6, 6.07) is 18.2. The number of benzene rings is 1. The SMILES string of the molecule is CC(NC(=O)CSc1nnc(Cc2cccs2)n1-c1ccccc1)c1cccs1. The first-order valence-electron chi connectivity index (χ1n) is 9.18. The highest BCUT2D eigenvalue weighted by atomic mass is 32.2. The fraction of sp³-hybridized carbons (Fsp3) is 0.190. The summed E-state index contributed by atoms with van der Waals surface area (Å²) in [5.41, 5.74) is 0.999. The van der Waals surface area contributed by atoms with Crippen molar-refractivity contribution in [2.45, 2.75) is 24.5 Å². The Labute approximate surface area is 181 Å². The normalized spacial score (nSPS) is 12.0. The van der Waals surface area contributed by atoms with Gasteiger partial charge in [0.2, 0.25) is 5.91 Å². The Morgan fingerprint density at radius 3 is 2.59 bits per heavy atom. The van der Waals surface area contributed by atoms with E-state index in [1.54, 1.807) is 22.7 Å². The van der Waals surface area contributed by atoms with Crippen LogP contribution in [0.15, 0.2) is 70.5 Å². The minimum atomic E-state index is -0.0154. The first-order chi connectivity index (χ1) is 14.2. The van der Waals surface area contributed by atoms with Gasteiger partial charge >= 0.3 is 0 Å². The number of para-hydroxylation sites is 1. The smallest absolute Gasteiger partial charge is 0.230 e. The Bertz CT molecular complexity index is 1040. The Kier molecular flexibility index (Phi) is 6.43. The van der Waals surface area contributed by atoms with Crippen molar-refractivity contribution in [1.82, 2.24) is 20.1 Å². The largest absolute Gasteiger partial charge is 0.348 e. The highest BCUT2D eigenvalue weighted by Crippen LogP contribution is 2.25. The van der Waals surface area contributed by atoms with Crippen LogP contribution in [0.1, 0.15) is 28.5 Å². The number of thioether (sulfide) groups is 1. The Morgan fingerprint density at radius 1 is 1.07 bits per heavy atom. The van der Waals surface area contributed by atoms with E-state index in [4.69, 9.17) is 0 Å². The molecular weight excluding hydrogens is 420 g/mol. The van der Waals surface area contributed by atoms with Gasteiger partial charge < -0.3 is 5.32 Å². The van der Waals surface area contributed by atoms with Crippen LogP contribution in [0.5, 0.6) is 0 Å². The van der Waals surface area contributed by atoms with Crippen LogP contribution >= 0.6 is 34.4 Å². The van der Waals surface area contributed by atoms with E-state index in [1.165, 1.54) is 16.6 Å². The number of aromatic nitrogens is 3. The lowest BCUT2D eigenvalue weighted by atomic mass is 10.3. The molecule has 0 aliphatic heterocycles. The van der Waals surface area contributed by atoms with E-state index < -0.39 is 0 Å². The lowest BCUT2D eigenvalue weighted by Crippen LogP contribution is -2.27. The van der Waals surface area contributed by atoms with E-state index in [9.17, 15) is 4.79 Å². The predicted molar refractivity (Wildman–Crippen MR) is 120 cm³/mol. The second-order valence-electron chi connectivity index (χ2n) is 6.42. The molecule has 0 fully saturated rings. The molecule has 0 radical (unpaired) electrons. The maximum atomic E-state index is 12.4. The summed E-state index contributed by atoms with van der Waals surface area (Å²) in [4.78, 5) is 14.8. The summed E-state index contributed by atoms with van der Waals surface area (Å²) < 4.78 is 2.04. The van der Waals surface area contributed by atoms with Crippen LogP contribution in [-0.4, -0.2) is 26.4 Å². The lowest BCUT2D eigenvalue weighted by molar-refractivity contribution is -0.119. The summed E-state index contributed by atoms with van der Waals surface area (Å²) in [6.45, 7) is 2.00. The lowest BCUT2D eigenvalue weighted by Gasteiger charge is -2.12. The molecule has 4 rings (SSSR count). The molecule has 148 valence electrons. The first kappa shape index (κ1) is 19.9. The predicted octanol–water partition coefficient (Wildman–Crippen LogP) is 4.95. The van der Waals surface area contributed by atoms with Crippen molar-refractivity contribution in [3.05, 3.63) is 80.9 Å². The molecule has 8 heteroatoms. The van der Waals surface area contributed by atoms with Crippen LogP contribution in [-0.2, 0) is 11.2 Å². The third-order valence-corrected chi connectivity index (χ3v) is 7.17. The summed E-state index contributed by atoms with van der Waals surface area (Å²) in [6.07, 6.45) is 0.710. The number of nitrogens with one attached hydrogen (secondary N) is 1. The highest BCUT2D eigenvalue weighted by molar-refractivity contribution is 7.99. The van der Waals surface area contributed by atoms with Crippen LogP contribution in [0, 0.1) is 0 Å². The minimum Gasteiger partial charge on any atom is -0.348 e. The standard InChI is InChI=1S/C21H20N4OS3/c1-15(18-10-6-12-28-18)22-20(26)14-29-21-24-23-19(13-17-9-5-11-27-17)25(21)16-7-3-2-4-8-16/h2-12,15H,13-14H2,1H3,(H,22,26). The molecule has 4 aromatic rings. The fourth-order valence-corrected chi connectivity index (χ4v) is 5.15. The van der Waals surface area contributed by atoms with E-state index in [1.807, 2.05) is 65.4 Å². The minimum absolute atomic E-state index is 0.00415. The molecule has 0 spiro atoms. The molecule has 5 nitrogen and oxygen atoms in total. The third kappa shape index (κ3) is 4.95. The van der Waals surface area contributed by atoms with Gasteiger partial charge in [0.15, 0.2) is 5.16 Å². The van der Waals surface area contributed by atoms with Crippen molar-refractivity contribution in [1.29, 1.82) is 0 Å². The van der Waals surface area contributed by atoms with Crippen LogP contribution in [0.25, 0.3) is 5.69 Å². The van der Waals surface area contributed by atoms with E-state index in [2.05, 4.69) is 27.0 Å². The number of hydrogen-bond acceptors (Lipinski definition) is 6. The molecule has 3 aromatic heterocycles. The second-order valence-corrected chi connectivity index (χ2v) is 9.37. The topological polar surface area (TPSA) is 59.8 Å². The van der Waals surface area contributed by atoms with Gasteiger partial charge in [0.05, 0.1) is 11.8 Å². The van der Waals surface area contributed by atoms with Gasteiger partial charge in [0.1, 0.15) is 5.82 Å². The molecule has 0 aliphatic carbocycles. The average molecular weight is 441 g/mol. The van der Waals surface area contributed by atoms with E-state index >= 15 is 0 Å². The number of nitrogens with zero attached hydrogens (tertiary/aromatic N) is 3. The first-order valence-corrected chi connectivity index (χ1v) is 11.9. The number of carbonyl (C=O) groups excluding carboxylic acids is 1. The molecule has 29 heavy (non-hydrogen) atoms. The highest BCUT2D eigenvalue weighted by Gasteiger charge is 2.17. The molecule has 1 amide bonds. The van der Waals surface area contributed by atoms with Gasteiger partial charge in [-0.3, -0.25) is 9.36 Å². The van der Waals surface area contributed by atoms with Crippen molar-refractivity contribution in [3.63, 3.8) is 0 Å². The van der Waals surface area contributed by atoms with Gasteiger partial charge in [0, 0.05) is 21.9 Å². The van der Waals surface area contributed by atoms with Gasteiger partial charge in [-0.25, -0.2) is 0 Å². The molecule has 1 N–H and O–H groups in total. The van der Waals surface area contributed by atoms with E-state index in [-0.39, 0.29) is 11.9 Å². The van der Waals surface area contributed by atoms with Gasteiger partial charge in [-0.05, 0) is 41.9 Å². The second kappa shape index (κ2) is 9.39. The van der Waals surface area contributed by atoms with E-state index in [0.717, 1.165) is 21.5 Å². The number of carbonyl (C=O) groups is 1. The van der Waals surface area contributed by atoms with Gasteiger partial charge in [-0.1, -0.05) is 42.1 Å².